The van der Waals surface area contributed by atoms with E-state index in [9.17, 15) is 19.2 Å². The highest BCUT2D eigenvalue weighted by Crippen LogP contribution is 2.44. The van der Waals surface area contributed by atoms with Crippen LogP contribution in [0.4, 0.5) is 4.79 Å². The van der Waals surface area contributed by atoms with Gasteiger partial charge in [0.2, 0.25) is 17.7 Å². The summed E-state index contributed by atoms with van der Waals surface area (Å²) in [6.07, 6.45) is 3.12. The number of hydrogen-bond acceptors (Lipinski definition) is 7. The summed E-state index contributed by atoms with van der Waals surface area (Å²) in [7, 11) is 1.57. The van der Waals surface area contributed by atoms with Crippen LogP contribution in [0.15, 0.2) is 58.8 Å². The van der Waals surface area contributed by atoms with Gasteiger partial charge in [-0.1, -0.05) is 79.5 Å². The number of ether oxygens (including phenoxy) is 1. The number of nitrogens with zero attached hydrogens (tertiary/aromatic N) is 8. The molecule has 0 saturated heterocycles. The number of benzene rings is 2. The zero-order chi connectivity index (χ0) is 34.4. The summed E-state index contributed by atoms with van der Waals surface area (Å²) in [5.74, 6) is -1.02. The predicted molar refractivity (Wildman–Crippen MR) is 185 cm³/mol. The van der Waals surface area contributed by atoms with E-state index < -0.39 is 5.91 Å². The normalized spacial score (nSPS) is 10.7. The van der Waals surface area contributed by atoms with Gasteiger partial charge in [0.05, 0.1) is 13.1 Å². The Labute approximate surface area is 282 Å². The van der Waals surface area contributed by atoms with Gasteiger partial charge in [-0.15, -0.1) is 0 Å². The molecule has 2 aromatic carbocycles. The molecule has 0 saturated carbocycles. The average Bonchev–Trinajstić information content (AvgIpc) is 3.39. The van der Waals surface area contributed by atoms with Crippen LogP contribution in [-0.2, 0) is 19.1 Å². The molecule has 1 aliphatic carbocycles. The van der Waals surface area contributed by atoms with E-state index in [1.165, 1.54) is 32.1 Å². The lowest BCUT2D eigenvalue weighted by Crippen LogP contribution is -2.46. The smallest absolute Gasteiger partial charge is 0.406 e. The SMILES string of the molecule is C.CCCN(CC(=O)N(CCCN=[N+]=[N-])CC(N)=O)C(=O)CCCCCN=[N+]=[N-].CNC(=O)OCC1c2ccccc2-c2ccccc21. The number of carbonyl (C=O) groups is 4. The fourth-order valence-corrected chi connectivity index (χ4v) is 5.19. The lowest BCUT2D eigenvalue weighted by atomic mass is 9.98. The van der Waals surface area contributed by atoms with E-state index in [0.29, 0.717) is 51.8 Å². The summed E-state index contributed by atoms with van der Waals surface area (Å²) in [5.41, 5.74) is 26.7. The molecule has 0 heterocycles. The van der Waals surface area contributed by atoms with Crippen molar-refractivity contribution < 1.29 is 23.9 Å². The van der Waals surface area contributed by atoms with E-state index in [4.69, 9.17) is 21.5 Å². The number of amides is 4. The van der Waals surface area contributed by atoms with Crippen molar-refractivity contribution in [2.75, 3.05) is 52.9 Å². The fraction of sp³-hybridized carbons (Fsp3) is 0.515. The Morgan fingerprint density at radius 2 is 1.40 bits per heavy atom. The van der Waals surface area contributed by atoms with E-state index in [1.54, 1.807) is 7.05 Å². The zero-order valence-electron chi connectivity index (χ0n) is 27.1. The summed E-state index contributed by atoms with van der Waals surface area (Å²) in [4.78, 5) is 55.6. The molecule has 48 heavy (non-hydrogen) atoms. The zero-order valence-corrected chi connectivity index (χ0v) is 27.1. The Morgan fingerprint density at radius 3 is 1.94 bits per heavy atom. The highest BCUT2D eigenvalue weighted by atomic mass is 16.5. The van der Waals surface area contributed by atoms with Crippen LogP contribution < -0.4 is 11.1 Å². The van der Waals surface area contributed by atoms with Crippen LogP contribution in [0.5, 0.6) is 0 Å². The van der Waals surface area contributed by atoms with Gasteiger partial charge in [0.15, 0.2) is 0 Å². The lowest BCUT2D eigenvalue weighted by molar-refractivity contribution is -0.142. The van der Waals surface area contributed by atoms with Crippen molar-refractivity contribution in [1.82, 2.24) is 15.1 Å². The van der Waals surface area contributed by atoms with Crippen LogP contribution in [0.3, 0.4) is 0 Å². The maximum Gasteiger partial charge on any atom is 0.406 e. The van der Waals surface area contributed by atoms with Gasteiger partial charge in [-0.2, -0.15) is 0 Å². The molecule has 0 aliphatic heterocycles. The summed E-state index contributed by atoms with van der Waals surface area (Å²) < 4.78 is 5.24. The second-order valence-corrected chi connectivity index (χ2v) is 10.7. The molecular weight excluding hydrogens is 616 g/mol. The Bertz CT molecular complexity index is 1390. The van der Waals surface area contributed by atoms with Crippen molar-refractivity contribution >= 4 is 23.8 Å². The molecule has 0 fully saturated rings. The van der Waals surface area contributed by atoms with Gasteiger partial charge in [0, 0.05) is 55.4 Å². The molecule has 1 aliphatic rings. The highest BCUT2D eigenvalue weighted by Gasteiger charge is 2.29. The van der Waals surface area contributed by atoms with Crippen LogP contribution in [0.2, 0.25) is 0 Å². The molecule has 0 spiro atoms. The number of hydrogen-bond donors (Lipinski definition) is 2. The third-order valence-corrected chi connectivity index (χ3v) is 7.38. The lowest BCUT2D eigenvalue weighted by Gasteiger charge is -2.27. The van der Waals surface area contributed by atoms with Crippen LogP contribution in [0.1, 0.15) is 69.9 Å². The van der Waals surface area contributed by atoms with Crippen molar-refractivity contribution in [1.29, 1.82) is 0 Å². The summed E-state index contributed by atoms with van der Waals surface area (Å²) >= 11 is 0. The fourth-order valence-electron chi connectivity index (χ4n) is 5.19. The first-order chi connectivity index (χ1) is 22.8. The van der Waals surface area contributed by atoms with Gasteiger partial charge >= 0.3 is 6.09 Å². The van der Waals surface area contributed by atoms with Crippen LogP contribution in [0.25, 0.3) is 32.0 Å². The molecule has 4 amide bonds. The maximum absolute atomic E-state index is 12.6. The third kappa shape index (κ3) is 13.6. The van der Waals surface area contributed by atoms with Crippen molar-refractivity contribution in [3.63, 3.8) is 0 Å². The molecule has 0 unspecified atom stereocenters. The average molecular weight is 665 g/mol. The van der Waals surface area contributed by atoms with E-state index >= 15 is 0 Å². The van der Waals surface area contributed by atoms with Gasteiger partial charge in [-0.3, -0.25) is 14.4 Å². The van der Waals surface area contributed by atoms with Gasteiger partial charge < -0.3 is 25.6 Å². The number of fused-ring (bicyclic) bond motifs is 3. The first-order valence-electron chi connectivity index (χ1n) is 15.7. The second kappa shape index (κ2) is 23.1. The molecule has 260 valence electrons. The van der Waals surface area contributed by atoms with Crippen molar-refractivity contribution in [3.05, 3.63) is 80.5 Å². The predicted octanol–water partition coefficient (Wildman–Crippen LogP) is 5.90. The highest BCUT2D eigenvalue weighted by molar-refractivity contribution is 5.88. The molecule has 15 nitrogen and oxygen atoms in total. The Morgan fingerprint density at radius 1 is 0.833 bits per heavy atom. The van der Waals surface area contributed by atoms with Crippen LogP contribution in [-0.4, -0.2) is 86.5 Å². The van der Waals surface area contributed by atoms with Gasteiger partial charge in [0.25, 0.3) is 0 Å². The van der Waals surface area contributed by atoms with Gasteiger partial charge in [-0.05, 0) is 59.0 Å². The van der Waals surface area contributed by atoms with E-state index in [0.717, 1.165) is 6.42 Å². The van der Waals surface area contributed by atoms with Crippen LogP contribution >= 0.6 is 0 Å². The standard InChI is InChI=1S/C16H29N9O3.C16H15NO2.CH4/c1-2-10-24(15(27)7-4-3-5-8-20-22-18)13-16(28)25(12-14(17)26)11-6-9-21-23-19;1-17-16(18)19-10-15-13-8-4-2-6-11(13)12-7-3-5-9-14(12)15;/h2-13H2,1H3,(H2,17,26);2-9,15H,10H2,1H3,(H,17,18);1H4. The minimum Gasteiger partial charge on any atom is -0.449 e. The summed E-state index contributed by atoms with van der Waals surface area (Å²) in [6.45, 7) is 3.16. The molecular formula is C33H48N10O5. The minimum absolute atomic E-state index is 0. The first kappa shape index (κ1) is 40.8. The molecule has 0 atom stereocenters. The Kier molecular flexibility index (Phi) is 19.6. The monoisotopic (exact) mass is 664 g/mol. The molecule has 3 N–H and O–H groups in total. The first-order valence-corrected chi connectivity index (χ1v) is 15.7. The van der Waals surface area contributed by atoms with Crippen molar-refractivity contribution in [2.45, 2.75) is 58.8 Å². The van der Waals surface area contributed by atoms with E-state index in [1.807, 2.05) is 31.2 Å². The Balaban J connectivity index is 0.000000498. The number of rotatable bonds is 18. The molecule has 0 radical (unpaired) electrons. The van der Waals surface area contributed by atoms with Crippen molar-refractivity contribution in [3.8, 4) is 11.1 Å². The van der Waals surface area contributed by atoms with Gasteiger partial charge in [-0.25, -0.2) is 4.79 Å². The van der Waals surface area contributed by atoms with Crippen molar-refractivity contribution in [2.24, 2.45) is 16.0 Å². The van der Waals surface area contributed by atoms with E-state index in [-0.39, 0.29) is 57.4 Å². The molecule has 0 aromatic heterocycles. The summed E-state index contributed by atoms with van der Waals surface area (Å²) in [6, 6.07) is 16.6. The second-order valence-electron chi connectivity index (χ2n) is 10.7. The number of nitrogens with one attached hydrogen (secondary N) is 1. The van der Waals surface area contributed by atoms with Gasteiger partial charge in [0.1, 0.15) is 6.61 Å². The largest absolute Gasteiger partial charge is 0.449 e. The number of azide groups is 2. The van der Waals surface area contributed by atoms with Crippen LogP contribution in [0, 0.1) is 0 Å². The number of carbonyl (C=O) groups excluding carboxylic acids is 4. The third-order valence-electron chi connectivity index (χ3n) is 7.38. The molecule has 0 bridgehead atoms. The molecule has 2 aromatic rings. The number of alkyl carbamates (subject to hydrolysis) is 1. The molecule has 15 heteroatoms. The number of primary amides is 1. The minimum atomic E-state index is -0.648. The van der Waals surface area contributed by atoms with E-state index in [2.05, 4.69) is 49.6 Å². The number of unbranched alkanes of at least 4 members (excludes halogenated alkanes) is 2. The molecule has 3 rings (SSSR count). The number of nitrogens with two attached hydrogens (primary N) is 1. The quantitative estimate of drug-likeness (QED) is 0.0857. The topological polar surface area (TPSA) is 220 Å². The Hall–Kier alpha value is -5.26. The summed E-state index contributed by atoms with van der Waals surface area (Å²) in [5, 5.41) is 9.31. The maximum atomic E-state index is 12.6.